The van der Waals surface area contributed by atoms with E-state index in [0.29, 0.717) is 5.69 Å². The van der Waals surface area contributed by atoms with Crippen molar-refractivity contribution in [1.29, 1.82) is 0 Å². The number of carboxylic acid groups (broad SMARTS) is 1. The fourth-order valence-electron chi connectivity index (χ4n) is 3.36. The van der Waals surface area contributed by atoms with E-state index in [0.717, 1.165) is 35.4 Å². The first-order chi connectivity index (χ1) is 12.5. The van der Waals surface area contributed by atoms with Crippen molar-refractivity contribution in [3.63, 3.8) is 0 Å². The van der Waals surface area contributed by atoms with Crippen molar-refractivity contribution in [2.24, 2.45) is 0 Å². The molecule has 2 N–H and O–H groups in total. The van der Waals surface area contributed by atoms with Crippen LogP contribution in [-0.2, 0) is 9.59 Å². The van der Waals surface area contributed by atoms with E-state index in [-0.39, 0.29) is 18.7 Å². The number of carboxylic acids is 1. The summed E-state index contributed by atoms with van der Waals surface area (Å²) in [5, 5.41) is 12.4. The highest BCUT2D eigenvalue weighted by Crippen LogP contribution is 2.26. The zero-order valence-corrected chi connectivity index (χ0v) is 15.1. The first-order valence-corrected chi connectivity index (χ1v) is 9.21. The minimum Gasteiger partial charge on any atom is -0.481 e. The molecule has 2 aromatic rings. The molecule has 0 saturated carbocycles. The lowest BCUT2D eigenvalue weighted by atomic mass is 10.1. The summed E-state index contributed by atoms with van der Waals surface area (Å²) in [4.78, 5) is 29.6. The van der Waals surface area contributed by atoms with Gasteiger partial charge >= 0.3 is 5.97 Å². The maximum Gasteiger partial charge on any atom is 0.303 e. The van der Waals surface area contributed by atoms with Gasteiger partial charge in [0.2, 0.25) is 5.91 Å². The Bertz CT molecular complexity index is 811. The van der Waals surface area contributed by atoms with Gasteiger partial charge in [0, 0.05) is 30.6 Å². The Hall–Kier alpha value is -2.63. The Morgan fingerprint density at radius 2 is 1.85 bits per heavy atom. The predicted molar refractivity (Wildman–Crippen MR) is 103 cm³/mol. The molecule has 26 heavy (non-hydrogen) atoms. The third-order valence-electron chi connectivity index (χ3n) is 4.78. The molecule has 0 radical (unpaired) electrons. The normalized spacial score (nSPS) is 14.9. The van der Waals surface area contributed by atoms with Crippen LogP contribution in [0.4, 0.5) is 11.5 Å². The van der Waals surface area contributed by atoms with Crippen molar-refractivity contribution in [1.82, 2.24) is 4.98 Å². The number of hydrogen-bond donors (Lipinski definition) is 2. The molecular weight excluding hydrogens is 330 g/mol. The van der Waals surface area contributed by atoms with Gasteiger partial charge in [-0.2, -0.15) is 0 Å². The highest BCUT2D eigenvalue weighted by molar-refractivity contribution is 5.95. The quantitative estimate of drug-likeness (QED) is 0.854. The van der Waals surface area contributed by atoms with E-state index in [9.17, 15) is 9.59 Å². The van der Waals surface area contributed by atoms with Crippen LogP contribution < -0.4 is 10.2 Å². The van der Waals surface area contributed by atoms with Gasteiger partial charge in [-0.15, -0.1) is 0 Å². The summed E-state index contributed by atoms with van der Waals surface area (Å²) < 4.78 is 0. The van der Waals surface area contributed by atoms with Crippen LogP contribution in [0.25, 0.3) is 10.9 Å². The number of hydrogen-bond acceptors (Lipinski definition) is 4. The van der Waals surface area contributed by atoms with Crippen molar-refractivity contribution < 1.29 is 14.7 Å². The van der Waals surface area contributed by atoms with Crippen LogP contribution in [0.5, 0.6) is 0 Å². The molecule has 0 unspecified atom stereocenters. The van der Waals surface area contributed by atoms with Crippen LogP contribution >= 0.6 is 0 Å². The molecule has 1 amide bonds. The predicted octanol–water partition coefficient (Wildman–Crippen LogP) is 3.73. The molecule has 0 spiro atoms. The number of amides is 1. The summed E-state index contributed by atoms with van der Waals surface area (Å²) in [6, 6.07) is 7.75. The lowest BCUT2D eigenvalue weighted by Gasteiger charge is -2.22. The second-order valence-electron chi connectivity index (χ2n) is 6.87. The molecule has 1 aliphatic rings. The maximum absolute atomic E-state index is 11.8. The zero-order chi connectivity index (χ0) is 18.5. The Labute approximate surface area is 153 Å². The van der Waals surface area contributed by atoms with E-state index in [1.165, 1.54) is 25.7 Å². The van der Waals surface area contributed by atoms with Crippen molar-refractivity contribution in [2.45, 2.75) is 45.4 Å². The third-order valence-corrected chi connectivity index (χ3v) is 4.78. The largest absolute Gasteiger partial charge is 0.481 e. The number of nitrogens with zero attached hydrogens (tertiary/aromatic N) is 2. The van der Waals surface area contributed by atoms with E-state index in [4.69, 9.17) is 10.1 Å². The molecule has 1 aliphatic heterocycles. The molecule has 1 fully saturated rings. The molecule has 6 heteroatoms. The number of carbonyl (C=O) groups excluding carboxylic acids is 1. The van der Waals surface area contributed by atoms with Gasteiger partial charge < -0.3 is 15.3 Å². The van der Waals surface area contributed by atoms with E-state index in [2.05, 4.69) is 23.2 Å². The zero-order valence-electron chi connectivity index (χ0n) is 15.1. The van der Waals surface area contributed by atoms with Gasteiger partial charge in [0.25, 0.3) is 0 Å². The van der Waals surface area contributed by atoms with E-state index < -0.39 is 5.97 Å². The van der Waals surface area contributed by atoms with Crippen LogP contribution in [0.15, 0.2) is 24.3 Å². The Morgan fingerprint density at radius 3 is 2.54 bits per heavy atom. The van der Waals surface area contributed by atoms with Gasteiger partial charge in [-0.25, -0.2) is 4.98 Å². The SMILES string of the molecule is Cc1cc(N2CCCCCC2)nc2ccc(NC(=O)CCC(=O)O)cc12. The molecule has 0 atom stereocenters. The molecule has 1 aromatic heterocycles. The van der Waals surface area contributed by atoms with Crippen molar-refractivity contribution in [3.8, 4) is 0 Å². The molecule has 0 bridgehead atoms. The van der Waals surface area contributed by atoms with Crippen molar-refractivity contribution in [2.75, 3.05) is 23.3 Å². The van der Waals surface area contributed by atoms with Gasteiger partial charge in [0.15, 0.2) is 0 Å². The van der Waals surface area contributed by atoms with Gasteiger partial charge in [-0.05, 0) is 49.6 Å². The van der Waals surface area contributed by atoms with E-state index in [1.54, 1.807) is 0 Å². The van der Waals surface area contributed by atoms with Gasteiger partial charge in [0.05, 0.1) is 11.9 Å². The summed E-state index contributed by atoms with van der Waals surface area (Å²) in [5.41, 5.74) is 2.70. The number of nitrogens with one attached hydrogen (secondary N) is 1. The summed E-state index contributed by atoms with van der Waals surface area (Å²) >= 11 is 0. The first kappa shape index (κ1) is 18.2. The molecule has 1 aromatic carbocycles. The fourth-order valence-corrected chi connectivity index (χ4v) is 3.36. The number of carbonyl (C=O) groups is 2. The van der Waals surface area contributed by atoms with Crippen LogP contribution in [-0.4, -0.2) is 35.1 Å². The standard InChI is InChI=1S/C20H25N3O3/c1-14-12-18(23-10-4-2-3-5-11-23)22-17-7-6-15(13-16(14)17)21-19(24)8-9-20(25)26/h6-7,12-13H,2-5,8-11H2,1H3,(H,21,24)(H,25,26). The Morgan fingerprint density at radius 1 is 1.12 bits per heavy atom. The Balaban J connectivity index is 1.79. The first-order valence-electron chi connectivity index (χ1n) is 9.21. The molecular formula is C20H25N3O3. The summed E-state index contributed by atoms with van der Waals surface area (Å²) in [7, 11) is 0. The average molecular weight is 355 g/mol. The summed E-state index contributed by atoms with van der Waals surface area (Å²) in [6.45, 7) is 4.16. The lowest BCUT2D eigenvalue weighted by molar-refractivity contribution is -0.138. The van der Waals surface area contributed by atoms with Gasteiger partial charge in [-0.3, -0.25) is 9.59 Å². The third kappa shape index (κ3) is 4.50. The average Bonchev–Trinajstić information content (AvgIpc) is 2.90. The molecule has 2 heterocycles. The highest BCUT2D eigenvalue weighted by atomic mass is 16.4. The number of aryl methyl sites for hydroxylation is 1. The van der Waals surface area contributed by atoms with Crippen LogP contribution in [0.2, 0.25) is 0 Å². The lowest BCUT2D eigenvalue weighted by Crippen LogP contribution is -2.25. The Kier molecular flexibility index (Phi) is 5.71. The van der Waals surface area contributed by atoms with Crippen LogP contribution in [0, 0.1) is 6.92 Å². The molecule has 6 nitrogen and oxygen atoms in total. The van der Waals surface area contributed by atoms with E-state index in [1.807, 2.05) is 18.2 Å². The van der Waals surface area contributed by atoms with Crippen LogP contribution in [0.1, 0.15) is 44.1 Å². The monoisotopic (exact) mass is 355 g/mol. The smallest absolute Gasteiger partial charge is 0.303 e. The number of pyridine rings is 1. The molecule has 0 aliphatic carbocycles. The number of aromatic nitrogens is 1. The fraction of sp³-hybridized carbons (Fsp3) is 0.450. The van der Waals surface area contributed by atoms with E-state index >= 15 is 0 Å². The molecule has 3 rings (SSSR count). The number of anilines is 2. The molecule has 138 valence electrons. The number of aliphatic carboxylic acids is 1. The second-order valence-corrected chi connectivity index (χ2v) is 6.87. The minimum atomic E-state index is -0.972. The minimum absolute atomic E-state index is 0.0293. The van der Waals surface area contributed by atoms with Crippen molar-refractivity contribution >= 4 is 34.3 Å². The second kappa shape index (κ2) is 8.17. The summed E-state index contributed by atoms with van der Waals surface area (Å²) in [5.74, 6) is -0.242. The molecule has 1 saturated heterocycles. The highest BCUT2D eigenvalue weighted by Gasteiger charge is 2.13. The maximum atomic E-state index is 11.8. The van der Waals surface area contributed by atoms with Gasteiger partial charge in [-0.1, -0.05) is 12.8 Å². The van der Waals surface area contributed by atoms with Gasteiger partial charge in [0.1, 0.15) is 5.82 Å². The number of rotatable bonds is 5. The summed E-state index contributed by atoms with van der Waals surface area (Å²) in [6.07, 6.45) is 4.79. The number of fused-ring (bicyclic) bond motifs is 1. The topological polar surface area (TPSA) is 82.5 Å². The number of benzene rings is 1. The van der Waals surface area contributed by atoms with Crippen LogP contribution in [0.3, 0.4) is 0 Å². The van der Waals surface area contributed by atoms with Crippen molar-refractivity contribution in [3.05, 3.63) is 29.8 Å².